The van der Waals surface area contributed by atoms with Crippen LogP contribution in [0.25, 0.3) is 16.6 Å². The van der Waals surface area contributed by atoms with E-state index >= 15 is 0 Å². The Hall–Kier alpha value is -3.68. The molecule has 0 radical (unpaired) electrons. The van der Waals surface area contributed by atoms with Gasteiger partial charge in [-0.05, 0) is 78.9 Å². The van der Waals surface area contributed by atoms with Gasteiger partial charge in [-0.1, -0.05) is 41.9 Å². The van der Waals surface area contributed by atoms with Gasteiger partial charge in [0, 0.05) is 35.4 Å². The van der Waals surface area contributed by atoms with Crippen LogP contribution in [-0.2, 0) is 22.6 Å². The molecule has 6 nitrogen and oxygen atoms in total. The van der Waals surface area contributed by atoms with Gasteiger partial charge in [0.1, 0.15) is 5.82 Å². The van der Waals surface area contributed by atoms with Crippen molar-refractivity contribution in [3.63, 3.8) is 0 Å². The van der Waals surface area contributed by atoms with E-state index in [-0.39, 0.29) is 5.82 Å². The largest absolute Gasteiger partial charge is 0.473 e. The van der Waals surface area contributed by atoms with Crippen LogP contribution in [0.5, 0.6) is 0 Å². The number of carbonyl (C=O) groups is 2. The number of halogens is 2. The van der Waals surface area contributed by atoms with Crippen molar-refractivity contribution in [3.8, 4) is 5.69 Å². The Bertz CT molecular complexity index is 1340. The fourth-order valence-corrected chi connectivity index (χ4v) is 4.80. The standard InChI is InChI=1S/C26H24ClFN2.C2H2O4/c27-22-6-11-26-25(15-22)21(18-30(26)24-9-7-23(28)8-10-24)14-20-12-13-29(17-20)16-19-4-2-1-3-5-19;3-1(4)2(5)6/h1-11,15,18,20H,12-14,16-17H2;(H,3,4)(H,5,6). The number of nitrogens with zero attached hydrogens (tertiary/aromatic N) is 2. The zero-order chi connectivity index (χ0) is 25.7. The number of hydrogen-bond donors (Lipinski definition) is 2. The predicted molar refractivity (Wildman–Crippen MR) is 137 cm³/mol. The van der Waals surface area contributed by atoms with Crippen LogP contribution in [0.1, 0.15) is 17.5 Å². The van der Waals surface area contributed by atoms with Gasteiger partial charge >= 0.3 is 11.9 Å². The molecule has 0 amide bonds. The van der Waals surface area contributed by atoms with Gasteiger partial charge in [-0.2, -0.15) is 0 Å². The minimum Gasteiger partial charge on any atom is -0.473 e. The average Bonchev–Trinajstić information content (AvgIpc) is 3.45. The number of fused-ring (bicyclic) bond motifs is 1. The van der Waals surface area contributed by atoms with Crippen LogP contribution in [0.4, 0.5) is 4.39 Å². The summed E-state index contributed by atoms with van der Waals surface area (Å²) >= 11 is 6.33. The molecule has 1 aliphatic heterocycles. The lowest BCUT2D eigenvalue weighted by molar-refractivity contribution is -0.159. The van der Waals surface area contributed by atoms with Crippen LogP contribution in [0.2, 0.25) is 5.02 Å². The molecule has 186 valence electrons. The normalized spacial score (nSPS) is 15.4. The van der Waals surface area contributed by atoms with Crippen LogP contribution in [0, 0.1) is 11.7 Å². The highest BCUT2D eigenvalue weighted by molar-refractivity contribution is 6.31. The Balaban J connectivity index is 0.000000455. The molecule has 3 aromatic carbocycles. The first-order chi connectivity index (χ1) is 17.3. The van der Waals surface area contributed by atoms with Gasteiger partial charge in [-0.15, -0.1) is 0 Å². The molecule has 1 atom stereocenters. The van der Waals surface area contributed by atoms with E-state index in [1.807, 2.05) is 18.2 Å². The van der Waals surface area contributed by atoms with Crippen LogP contribution < -0.4 is 0 Å². The van der Waals surface area contributed by atoms with Crippen molar-refractivity contribution in [2.75, 3.05) is 13.1 Å². The molecule has 2 N–H and O–H groups in total. The molecule has 5 rings (SSSR count). The van der Waals surface area contributed by atoms with E-state index in [2.05, 4.69) is 58.1 Å². The second-order valence-electron chi connectivity index (χ2n) is 8.85. The Morgan fingerprint density at radius 1 is 0.972 bits per heavy atom. The molecule has 8 heteroatoms. The summed E-state index contributed by atoms with van der Waals surface area (Å²) in [5.74, 6) is -3.24. The number of hydrogen-bond acceptors (Lipinski definition) is 3. The van der Waals surface area contributed by atoms with Crippen molar-refractivity contribution < 1.29 is 24.2 Å². The number of carboxylic acid groups (broad SMARTS) is 2. The molecule has 0 spiro atoms. The Kier molecular flexibility index (Phi) is 8.03. The number of carboxylic acids is 2. The topological polar surface area (TPSA) is 82.8 Å². The molecule has 36 heavy (non-hydrogen) atoms. The van der Waals surface area contributed by atoms with Crippen LogP contribution in [-0.4, -0.2) is 44.7 Å². The Morgan fingerprint density at radius 2 is 1.67 bits per heavy atom. The number of aromatic nitrogens is 1. The molecule has 4 aromatic rings. The first kappa shape index (κ1) is 25.4. The molecule has 2 heterocycles. The maximum absolute atomic E-state index is 13.4. The van der Waals surface area contributed by atoms with E-state index in [9.17, 15) is 4.39 Å². The molecular weight excluding hydrogens is 483 g/mol. The van der Waals surface area contributed by atoms with Gasteiger partial charge in [-0.3, -0.25) is 4.90 Å². The number of aliphatic carboxylic acids is 2. The third-order valence-electron chi connectivity index (χ3n) is 6.26. The smallest absolute Gasteiger partial charge is 0.414 e. The van der Waals surface area contributed by atoms with Crippen molar-refractivity contribution in [1.29, 1.82) is 0 Å². The highest BCUT2D eigenvalue weighted by Gasteiger charge is 2.24. The van der Waals surface area contributed by atoms with Gasteiger partial charge in [0.25, 0.3) is 0 Å². The zero-order valence-corrected chi connectivity index (χ0v) is 20.2. The van der Waals surface area contributed by atoms with E-state index < -0.39 is 11.9 Å². The Morgan fingerprint density at radius 3 is 2.33 bits per heavy atom. The minimum atomic E-state index is -1.82. The van der Waals surface area contributed by atoms with Crippen LogP contribution in [0.15, 0.2) is 79.0 Å². The highest BCUT2D eigenvalue weighted by atomic mass is 35.5. The summed E-state index contributed by atoms with van der Waals surface area (Å²) in [6.45, 7) is 3.26. The van der Waals surface area contributed by atoms with Crippen molar-refractivity contribution in [1.82, 2.24) is 9.47 Å². The Labute approximate surface area is 213 Å². The second kappa shape index (κ2) is 11.4. The van der Waals surface area contributed by atoms with Crippen molar-refractivity contribution in [3.05, 3.63) is 101 Å². The molecule has 1 unspecified atom stereocenters. The summed E-state index contributed by atoms with van der Waals surface area (Å²) in [5, 5.41) is 16.7. The van der Waals surface area contributed by atoms with E-state index in [4.69, 9.17) is 31.4 Å². The molecule has 1 aromatic heterocycles. The third kappa shape index (κ3) is 6.30. The predicted octanol–water partition coefficient (Wildman–Crippen LogP) is 5.64. The van der Waals surface area contributed by atoms with Crippen molar-refractivity contribution in [2.24, 2.45) is 5.92 Å². The number of likely N-dealkylation sites (tertiary alicyclic amines) is 1. The van der Waals surface area contributed by atoms with Gasteiger partial charge < -0.3 is 14.8 Å². The van der Waals surface area contributed by atoms with Crippen molar-refractivity contribution in [2.45, 2.75) is 19.4 Å². The molecule has 0 aliphatic carbocycles. The quantitative estimate of drug-likeness (QED) is 0.341. The van der Waals surface area contributed by atoms with Gasteiger partial charge in [0.15, 0.2) is 0 Å². The summed E-state index contributed by atoms with van der Waals surface area (Å²) in [7, 11) is 0. The summed E-state index contributed by atoms with van der Waals surface area (Å²) in [6, 6.07) is 23.4. The zero-order valence-electron chi connectivity index (χ0n) is 19.5. The SMILES string of the molecule is Fc1ccc(-n2cc(CC3CCN(Cc4ccccc4)C3)c3cc(Cl)ccc32)cc1.O=C(O)C(=O)O. The van der Waals surface area contributed by atoms with Crippen molar-refractivity contribution >= 4 is 34.4 Å². The molecule has 1 saturated heterocycles. The minimum absolute atomic E-state index is 0.219. The summed E-state index contributed by atoms with van der Waals surface area (Å²) in [5.41, 5.74) is 4.76. The summed E-state index contributed by atoms with van der Waals surface area (Å²) in [6.07, 6.45) is 4.43. The lowest BCUT2D eigenvalue weighted by Crippen LogP contribution is -2.20. The first-order valence-electron chi connectivity index (χ1n) is 11.6. The fraction of sp³-hybridized carbons (Fsp3) is 0.214. The molecular formula is C28H26ClFN2O4. The van der Waals surface area contributed by atoms with E-state index in [0.717, 1.165) is 42.3 Å². The van der Waals surface area contributed by atoms with E-state index in [1.54, 1.807) is 0 Å². The molecule has 0 bridgehead atoms. The third-order valence-corrected chi connectivity index (χ3v) is 6.50. The van der Waals surface area contributed by atoms with Gasteiger partial charge in [-0.25, -0.2) is 14.0 Å². The lowest BCUT2D eigenvalue weighted by atomic mass is 9.98. The number of rotatable bonds is 5. The van der Waals surface area contributed by atoms with Crippen LogP contribution >= 0.6 is 11.6 Å². The number of benzene rings is 3. The monoisotopic (exact) mass is 508 g/mol. The molecule has 1 fully saturated rings. The lowest BCUT2D eigenvalue weighted by Gasteiger charge is -2.16. The van der Waals surface area contributed by atoms with E-state index in [0.29, 0.717) is 5.92 Å². The summed E-state index contributed by atoms with van der Waals surface area (Å²) in [4.78, 5) is 20.7. The summed E-state index contributed by atoms with van der Waals surface area (Å²) < 4.78 is 15.6. The maximum atomic E-state index is 13.4. The molecule has 0 saturated carbocycles. The average molecular weight is 509 g/mol. The van der Waals surface area contributed by atoms with E-state index in [1.165, 1.54) is 35.1 Å². The second-order valence-corrected chi connectivity index (χ2v) is 9.29. The fourth-order valence-electron chi connectivity index (χ4n) is 4.62. The molecule has 1 aliphatic rings. The van der Waals surface area contributed by atoms with Crippen LogP contribution in [0.3, 0.4) is 0 Å². The van der Waals surface area contributed by atoms with Gasteiger partial charge in [0.05, 0.1) is 5.52 Å². The maximum Gasteiger partial charge on any atom is 0.414 e. The first-order valence-corrected chi connectivity index (χ1v) is 12.0. The van der Waals surface area contributed by atoms with Gasteiger partial charge in [0.2, 0.25) is 0 Å². The highest BCUT2D eigenvalue weighted by Crippen LogP contribution is 2.31.